The van der Waals surface area contributed by atoms with Crippen molar-refractivity contribution in [3.8, 4) is 0 Å². The number of hydrogen-bond donors (Lipinski definition) is 3. The van der Waals surface area contributed by atoms with Gasteiger partial charge in [0.2, 0.25) is 17.7 Å². The van der Waals surface area contributed by atoms with Gasteiger partial charge in [0.15, 0.2) is 0 Å². The SMILES string of the molecule is CC.CC(N)C(=O)NCC(=O)N1CCCC1C(=O)NC1c2ccccc2CC1C. The average molecular weight is 403 g/mol. The van der Waals surface area contributed by atoms with Crippen LogP contribution in [-0.2, 0) is 20.8 Å². The molecule has 1 aliphatic heterocycles. The number of fused-ring (bicyclic) bond motifs is 1. The largest absolute Gasteiger partial charge is 0.347 e. The Morgan fingerprint density at radius 2 is 1.93 bits per heavy atom. The fraction of sp³-hybridized carbons (Fsp3) is 0.591. The van der Waals surface area contributed by atoms with Gasteiger partial charge in [-0.1, -0.05) is 45.0 Å². The molecule has 0 saturated carbocycles. The molecule has 1 heterocycles. The third kappa shape index (κ3) is 5.35. The van der Waals surface area contributed by atoms with Crippen molar-refractivity contribution >= 4 is 17.7 Å². The molecule has 1 saturated heterocycles. The zero-order valence-corrected chi connectivity index (χ0v) is 17.9. The lowest BCUT2D eigenvalue weighted by Gasteiger charge is -2.27. The summed E-state index contributed by atoms with van der Waals surface area (Å²) >= 11 is 0. The van der Waals surface area contributed by atoms with E-state index in [1.165, 1.54) is 11.1 Å². The maximum atomic E-state index is 12.9. The summed E-state index contributed by atoms with van der Waals surface area (Å²) in [4.78, 5) is 38.5. The zero-order valence-electron chi connectivity index (χ0n) is 17.9. The molecule has 1 aliphatic carbocycles. The van der Waals surface area contributed by atoms with E-state index in [-0.39, 0.29) is 30.3 Å². The smallest absolute Gasteiger partial charge is 0.243 e. The minimum atomic E-state index is -0.667. The van der Waals surface area contributed by atoms with Crippen molar-refractivity contribution in [1.82, 2.24) is 15.5 Å². The number of nitrogens with zero attached hydrogens (tertiary/aromatic N) is 1. The minimum absolute atomic E-state index is 0.0240. The molecule has 29 heavy (non-hydrogen) atoms. The highest BCUT2D eigenvalue weighted by atomic mass is 16.2. The molecule has 4 N–H and O–H groups in total. The highest BCUT2D eigenvalue weighted by Gasteiger charge is 2.37. The van der Waals surface area contributed by atoms with Crippen LogP contribution in [0.4, 0.5) is 0 Å². The molecule has 1 aromatic rings. The summed E-state index contributed by atoms with van der Waals surface area (Å²) in [5, 5.41) is 5.68. The number of nitrogens with one attached hydrogen (secondary N) is 2. The molecule has 7 nitrogen and oxygen atoms in total. The lowest BCUT2D eigenvalue weighted by molar-refractivity contribution is -0.139. The summed E-state index contributed by atoms with van der Waals surface area (Å²) in [6.45, 7) is 8.09. The van der Waals surface area contributed by atoms with Crippen LogP contribution >= 0.6 is 0 Å². The number of amides is 3. The van der Waals surface area contributed by atoms with Crippen LogP contribution in [0.25, 0.3) is 0 Å². The number of nitrogens with two attached hydrogens (primary N) is 1. The lowest BCUT2D eigenvalue weighted by atomic mass is 10.0. The first-order chi connectivity index (χ1) is 13.9. The summed E-state index contributed by atoms with van der Waals surface area (Å²) in [6.07, 6.45) is 2.36. The first-order valence-electron chi connectivity index (χ1n) is 10.6. The van der Waals surface area contributed by atoms with Gasteiger partial charge in [-0.25, -0.2) is 0 Å². The fourth-order valence-corrected chi connectivity index (χ4v) is 4.03. The van der Waals surface area contributed by atoms with Crippen LogP contribution in [0, 0.1) is 5.92 Å². The van der Waals surface area contributed by atoms with E-state index in [0.29, 0.717) is 18.9 Å². The van der Waals surface area contributed by atoms with Gasteiger partial charge < -0.3 is 21.3 Å². The highest BCUT2D eigenvalue weighted by Crippen LogP contribution is 2.36. The molecule has 3 amide bonds. The van der Waals surface area contributed by atoms with Gasteiger partial charge in [0.25, 0.3) is 0 Å². The van der Waals surface area contributed by atoms with E-state index in [0.717, 1.165) is 12.8 Å². The molecule has 0 bridgehead atoms. The molecule has 0 aromatic heterocycles. The van der Waals surface area contributed by atoms with Crippen molar-refractivity contribution in [3.05, 3.63) is 35.4 Å². The lowest BCUT2D eigenvalue weighted by Crippen LogP contribution is -2.51. The molecule has 1 aromatic carbocycles. The Bertz CT molecular complexity index is 735. The molecule has 160 valence electrons. The van der Waals surface area contributed by atoms with Gasteiger partial charge in [-0.2, -0.15) is 0 Å². The Morgan fingerprint density at radius 3 is 2.62 bits per heavy atom. The Kier molecular flexibility index (Phi) is 8.20. The molecule has 0 radical (unpaired) electrons. The number of carbonyl (C=O) groups is 3. The highest BCUT2D eigenvalue weighted by molar-refractivity contribution is 5.91. The maximum Gasteiger partial charge on any atom is 0.243 e. The van der Waals surface area contributed by atoms with E-state index in [1.54, 1.807) is 11.8 Å². The van der Waals surface area contributed by atoms with Crippen LogP contribution in [-0.4, -0.2) is 47.8 Å². The van der Waals surface area contributed by atoms with Crippen molar-refractivity contribution < 1.29 is 14.4 Å². The van der Waals surface area contributed by atoms with Gasteiger partial charge in [0, 0.05) is 6.54 Å². The van der Waals surface area contributed by atoms with Crippen molar-refractivity contribution in [2.24, 2.45) is 11.7 Å². The van der Waals surface area contributed by atoms with Crippen molar-refractivity contribution in [2.75, 3.05) is 13.1 Å². The summed E-state index contributed by atoms with van der Waals surface area (Å²) in [5.74, 6) is -0.420. The average Bonchev–Trinajstić information content (AvgIpc) is 3.32. The molecule has 4 unspecified atom stereocenters. The third-order valence-corrected chi connectivity index (χ3v) is 5.50. The molecule has 1 fully saturated rings. The Labute approximate surface area is 173 Å². The van der Waals surface area contributed by atoms with Crippen molar-refractivity contribution in [3.63, 3.8) is 0 Å². The molecule has 0 spiro atoms. The zero-order chi connectivity index (χ0) is 21.6. The van der Waals surface area contributed by atoms with E-state index < -0.39 is 12.1 Å². The number of hydrogen-bond acceptors (Lipinski definition) is 4. The van der Waals surface area contributed by atoms with Gasteiger partial charge in [-0.05, 0) is 43.2 Å². The summed E-state index contributed by atoms with van der Waals surface area (Å²) in [7, 11) is 0. The van der Waals surface area contributed by atoms with Crippen LogP contribution in [0.5, 0.6) is 0 Å². The van der Waals surface area contributed by atoms with Gasteiger partial charge >= 0.3 is 0 Å². The summed E-state index contributed by atoms with van der Waals surface area (Å²) in [5.41, 5.74) is 7.93. The Morgan fingerprint density at radius 1 is 1.24 bits per heavy atom. The molecule has 7 heteroatoms. The maximum absolute atomic E-state index is 12.9. The second-order valence-electron chi connectivity index (χ2n) is 7.62. The molecule has 4 atom stereocenters. The van der Waals surface area contributed by atoms with Crippen LogP contribution in [0.15, 0.2) is 24.3 Å². The van der Waals surface area contributed by atoms with E-state index in [4.69, 9.17) is 5.73 Å². The van der Waals surface area contributed by atoms with E-state index in [9.17, 15) is 14.4 Å². The predicted molar refractivity (Wildman–Crippen MR) is 113 cm³/mol. The topological polar surface area (TPSA) is 105 Å². The van der Waals surface area contributed by atoms with Crippen LogP contribution in [0.2, 0.25) is 0 Å². The number of benzene rings is 1. The third-order valence-electron chi connectivity index (χ3n) is 5.50. The van der Waals surface area contributed by atoms with E-state index >= 15 is 0 Å². The monoisotopic (exact) mass is 402 g/mol. The van der Waals surface area contributed by atoms with Crippen LogP contribution in [0.1, 0.15) is 57.7 Å². The quantitative estimate of drug-likeness (QED) is 0.694. The minimum Gasteiger partial charge on any atom is -0.347 e. The Balaban J connectivity index is 0.00000145. The standard InChI is InChI=1S/C20H28N4O3.C2H6/c1-12-10-14-6-3-4-7-15(14)18(12)23-20(27)16-8-5-9-24(16)17(25)11-22-19(26)13(2)21;1-2/h3-4,6-7,12-13,16,18H,5,8-11,21H2,1-2H3,(H,22,26)(H,23,27);1-2H3. The summed E-state index contributed by atoms with van der Waals surface area (Å²) < 4.78 is 0. The van der Waals surface area contributed by atoms with E-state index in [1.807, 2.05) is 26.0 Å². The van der Waals surface area contributed by atoms with Gasteiger partial charge in [0.1, 0.15) is 6.04 Å². The first kappa shape index (κ1) is 22.9. The second kappa shape index (κ2) is 10.4. The van der Waals surface area contributed by atoms with Crippen LogP contribution in [0.3, 0.4) is 0 Å². The van der Waals surface area contributed by atoms with Crippen molar-refractivity contribution in [2.45, 2.75) is 65.1 Å². The number of carbonyl (C=O) groups excluding carboxylic acids is 3. The number of rotatable bonds is 5. The van der Waals surface area contributed by atoms with Crippen molar-refractivity contribution in [1.29, 1.82) is 0 Å². The predicted octanol–water partition coefficient (Wildman–Crippen LogP) is 1.52. The molecule has 3 rings (SSSR count). The normalized spacial score (nSPS) is 23.5. The van der Waals surface area contributed by atoms with Gasteiger partial charge in [-0.15, -0.1) is 0 Å². The Hall–Kier alpha value is -2.41. The van der Waals surface area contributed by atoms with E-state index in [2.05, 4.69) is 29.7 Å². The second-order valence-corrected chi connectivity index (χ2v) is 7.62. The fourth-order valence-electron chi connectivity index (χ4n) is 4.03. The van der Waals surface area contributed by atoms with Gasteiger partial charge in [-0.3, -0.25) is 14.4 Å². The van der Waals surface area contributed by atoms with Gasteiger partial charge in [0.05, 0.1) is 18.6 Å². The summed E-state index contributed by atoms with van der Waals surface area (Å²) in [6, 6.07) is 7.00. The molecular weight excluding hydrogens is 368 g/mol. The first-order valence-corrected chi connectivity index (χ1v) is 10.6. The number of likely N-dealkylation sites (tertiary alicyclic amines) is 1. The molecular formula is C22H34N4O3. The van der Waals surface area contributed by atoms with Crippen LogP contribution < -0.4 is 16.4 Å². The molecule has 2 aliphatic rings.